The van der Waals surface area contributed by atoms with Gasteiger partial charge in [0.15, 0.2) is 0 Å². The van der Waals surface area contributed by atoms with Crippen molar-refractivity contribution >= 4 is 0 Å². The maximum Gasteiger partial charge on any atom is 0.114 e. The highest BCUT2D eigenvalue weighted by molar-refractivity contribution is 4.89. The second-order valence-corrected chi connectivity index (χ2v) is 9.10. The summed E-state index contributed by atoms with van der Waals surface area (Å²) in [6, 6.07) is 0. The molecule has 0 spiro atoms. The summed E-state index contributed by atoms with van der Waals surface area (Å²) >= 11 is 0. The Bertz CT molecular complexity index is 415. The van der Waals surface area contributed by atoms with Crippen molar-refractivity contribution in [3.63, 3.8) is 0 Å². The van der Waals surface area contributed by atoms with Crippen molar-refractivity contribution in [3.8, 4) is 0 Å². The van der Waals surface area contributed by atoms with Crippen LogP contribution < -0.4 is 0 Å². The summed E-state index contributed by atoms with van der Waals surface area (Å²) in [7, 11) is 0. The first-order valence-electron chi connectivity index (χ1n) is 13.1. The van der Waals surface area contributed by atoms with Crippen LogP contribution in [0.25, 0.3) is 0 Å². The van der Waals surface area contributed by atoms with E-state index in [1.165, 1.54) is 89.9 Å². The van der Waals surface area contributed by atoms with Gasteiger partial charge in [0.2, 0.25) is 0 Å². The molecule has 0 radical (unpaired) electrons. The molecule has 0 aromatic rings. The Hall–Kier alpha value is -0.460. The van der Waals surface area contributed by atoms with Crippen LogP contribution in [0.3, 0.4) is 0 Å². The molecule has 0 aromatic heterocycles. The van der Waals surface area contributed by atoms with Crippen LogP contribution in [0.5, 0.6) is 0 Å². The normalized spacial score (nSPS) is 22.5. The summed E-state index contributed by atoms with van der Waals surface area (Å²) in [5, 5.41) is 28.7. The Morgan fingerprint density at radius 3 is 1.90 bits per heavy atom. The van der Waals surface area contributed by atoms with Crippen LogP contribution in [0.4, 0.5) is 0 Å². The summed E-state index contributed by atoms with van der Waals surface area (Å²) in [5.41, 5.74) is 0. The van der Waals surface area contributed by atoms with Crippen LogP contribution in [0.15, 0.2) is 12.2 Å². The van der Waals surface area contributed by atoms with Crippen molar-refractivity contribution in [1.82, 2.24) is 0 Å². The number of hydrogen-bond acceptors (Lipinski definition) is 5. The maximum atomic E-state index is 9.91. The molecule has 31 heavy (non-hydrogen) atoms. The summed E-state index contributed by atoms with van der Waals surface area (Å²) < 4.78 is 11.1. The van der Waals surface area contributed by atoms with Gasteiger partial charge in [-0.2, -0.15) is 0 Å². The van der Waals surface area contributed by atoms with Gasteiger partial charge in [0.25, 0.3) is 0 Å². The van der Waals surface area contributed by atoms with Gasteiger partial charge >= 0.3 is 0 Å². The fourth-order valence-electron chi connectivity index (χ4n) is 4.18. The highest BCUT2D eigenvalue weighted by Crippen LogP contribution is 2.21. The topological polar surface area (TPSA) is 79.2 Å². The van der Waals surface area contributed by atoms with E-state index >= 15 is 0 Å². The molecule has 1 aliphatic rings. The number of allylic oxidation sites excluding steroid dienone is 2. The zero-order valence-electron chi connectivity index (χ0n) is 20.1. The lowest BCUT2D eigenvalue weighted by atomic mass is 10.1. The van der Waals surface area contributed by atoms with Crippen LogP contribution in [0.1, 0.15) is 110 Å². The lowest BCUT2D eigenvalue weighted by Crippen LogP contribution is -2.42. The van der Waals surface area contributed by atoms with Gasteiger partial charge in [-0.1, -0.05) is 89.7 Å². The van der Waals surface area contributed by atoms with E-state index in [0.717, 1.165) is 12.8 Å². The fraction of sp³-hybridized carbons (Fsp3) is 0.923. The molecule has 5 heteroatoms. The van der Waals surface area contributed by atoms with Crippen LogP contribution in [-0.4, -0.2) is 59.6 Å². The first-order chi connectivity index (χ1) is 15.2. The molecular formula is C26H50O5. The second kappa shape index (κ2) is 20.2. The molecule has 1 saturated heterocycles. The minimum Gasteiger partial charge on any atom is -0.394 e. The minimum absolute atomic E-state index is 0.155. The zero-order chi connectivity index (χ0) is 22.6. The van der Waals surface area contributed by atoms with E-state index in [-0.39, 0.29) is 13.2 Å². The molecule has 0 unspecified atom stereocenters. The predicted octanol–water partition coefficient (Wildman–Crippen LogP) is 5.30. The van der Waals surface area contributed by atoms with Gasteiger partial charge in [-0.3, -0.25) is 0 Å². The van der Waals surface area contributed by atoms with Crippen molar-refractivity contribution in [2.24, 2.45) is 0 Å². The summed E-state index contributed by atoms with van der Waals surface area (Å²) in [6.07, 6.45) is 22.5. The second-order valence-electron chi connectivity index (χ2n) is 9.10. The van der Waals surface area contributed by atoms with Gasteiger partial charge in [0, 0.05) is 6.61 Å². The SMILES string of the molecule is CCCCCC/C=C/CCCCCCCCCCCCO[C@@H]1[C@H]([C@@H](O)CO)OC[C@H]1O. The van der Waals surface area contributed by atoms with Crippen molar-refractivity contribution < 1.29 is 24.8 Å². The molecule has 0 bridgehead atoms. The first kappa shape index (κ1) is 28.6. The van der Waals surface area contributed by atoms with Crippen LogP contribution >= 0.6 is 0 Å². The molecule has 1 aliphatic heterocycles. The molecule has 1 heterocycles. The first-order valence-corrected chi connectivity index (χ1v) is 13.1. The Morgan fingerprint density at radius 1 is 0.839 bits per heavy atom. The highest BCUT2D eigenvalue weighted by atomic mass is 16.6. The Balaban J connectivity index is 1.82. The van der Waals surface area contributed by atoms with Gasteiger partial charge in [-0.25, -0.2) is 0 Å². The number of ether oxygens (including phenoxy) is 2. The van der Waals surface area contributed by atoms with E-state index in [2.05, 4.69) is 19.1 Å². The van der Waals surface area contributed by atoms with Crippen LogP contribution in [0.2, 0.25) is 0 Å². The third-order valence-corrected chi connectivity index (χ3v) is 6.20. The molecule has 4 atom stereocenters. The number of rotatable bonds is 21. The molecule has 0 saturated carbocycles. The van der Waals surface area contributed by atoms with Crippen LogP contribution in [-0.2, 0) is 9.47 Å². The molecule has 184 valence electrons. The molecule has 0 aliphatic carbocycles. The van der Waals surface area contributed by atoms with Gasteiger partial charge in [0.1, 0.15) is 24.4 Å². The third kappa shape index (κ3) is 14.3. The summed E-state index contributed by atoms with van der Waals surface area (Å²) in [5.74, 6) is 0. The van der Waals surface area contributed by atoms with E-state index < -0.39 is 24.4 Å². The minimum atomic E-state index is -1.00. The average molecular weight is 443 g/mol. The molecule has 3 N–H and O–H groups in total. The lowest BCUT2D eigenvalue weighted by molar-refractivity contribution is -0.0938. The third-order valence-electron chi connectivity index (χ3n) is 6.20. The maximum absolute atomic E-state index is 9.91. The monoisotopic (exact) mass is 442 g/mol. The van der Waals surface area contributed by atoms with Crippen molar-refractivity contribution in [2.75, 3.05) is 19.8 Å². The average Bonchev–Trinajstić information content (AvgIpc) is 3.15. The molecule has 1 rings (SSSR count). The van der Waals surface area contributed by atoms with Crippen LogP contribution in [0, 0.1) is 0 Å². The molecule has 0 amide bonds. The van der Waals surface area contributed by atoms with Gasteiger partial charge in [0.05, 0.1) is 13.2 Å². The number of aliphatic hydroxyl groups is 3. The number of hydrogen-bond donors (Lipinski definition) is 3. The predicted molar refractivity (Wildman–Crippen MR) is 127 cm³/mol. The Labute approximate surface area is 191 Å². The van der Waals surface area contributed by atoms with Crippen molar-refractivity contribution in [1.29, 1.82) is 0 Å². The standard InChI is InChI=1S/C26H50O5/c1-2-3-4-5-6-7-8-9-10-11-12-13-14-15-16-17-18-19-20-30-26-24(29)22-31-25(26)23(28)21-27/h7-8,23-29H,2-6,9-22H2,1H3/b8-7+/t23-,24+,25-,26-/m0/s1. The van der Waals surface area contributed by atoms with E-state index in [1.807, 2.05) is 0 Å². The highest BCUT2D eigenvalue weighted by Gasteiger charge is 2.40. The quantitative estimate of drug-likeness (QED) is 0.166. The van der Waals surface area contributed by atoms with E-state index in [4.69, 9.17) is 14.6 Å². The summed E-state index contributed by atoms with van der Waals surface area (Å²) in [4.78, 5) is 0. The molecule has 5 nitrogen and oxygen atoms in total. The summed E-state index contributed by atoms with van der Waals surface area (Å²) in [6.45, 7) is 2.60. The fourth-order valence-corrected chi connectivity index (χ4v) is 4.18. The lowest BCUT2D eigenvalue weighted by Gasteiger charge is -2.23. The smallest absolute Gasteiger partial charge is 0.114 e. The largest absolute Gasteiger partial charge is 0.394 e. The Kier molecular flexibility index (Phi) is 18.6. The van der Waals surface area contributed by atoms with Crippen molar-refractivity contribution in [3.05, 3.63) is 12.2 Å². The molecule has 0 aromatic carbocycles. The zero-order valence-corrected chi connectivity index (χ0v) is 20.1. The number of unbranched alkanes of at least 4 members (excludes halogenated alkanes) is 14. The van der Waals surface area contributed by atoms with E-state index in [9.17, 15) is 10.2 Å². The van der Waals surface area contributed by atoms with E-state index in [1.54, 1.807) is 0 Å². The Morgan fingerprint density at radius 2 is 1.35 bits per heavy atom. The van der Waals surface area contributed by atoms with Gasteiger partial charge in [-0.15, -0.1) is 0 Å². The number of aliphatic hydroxyl groups excluding tert-OH is 3. The molecular weight excluding hydrogens is 392 g/mol. The van der Waals surface area contributed by atoms with E-state index in [0.29, 0.717) is 6.61 Å². The van der Waals surface area contributed by atoms with Gasteiger partial charge in [-0.05, 0) is 32.1 Å². The van der Waals surface area contributed by atoms with Crippen molar-refractivity contribution in [2.45, 2.75) is 134 Å². The molecule has 1 fully saturated rings. The van der Waals surface area contributed by atoms with Gasteiger partial charge < -0.3 is 24.8 Å².